The van der Waals surface area contributed by atoms with E-state index >= 15 is 0 Å². The lowest BCUT2D eigenvalue weighted by Crippen LogP contribution is -2.38. The predicted octanol–water partition coefficient (Wildman–Crippen LogP) is 4.88. The van der Waals surface area contributed by atoms with Crippen LogP contribution in [0.25, 0.3) is 16.9 Å². The fraction of sp³-hybridized carbons (Fsp3) is 0.500. The van der Waals surface area contributed by atoms with E-state index in [2.05, 4.69) is 38.8 Å². The Morgan fingerprint density at radius 2 is 1.97 bits per heavy atom. The van der Waals surface area contributed by atoms with Crippen LogP contribution in [0.2, 0.25) is 0 Å². The molecule has 0 amide bonds. The highest BCUT2D eigenvalue weighted by molar-refractivity contribution is 5.80. The summed E-state index contributed by atoms with van der Waals surface area (Å²) in [4.78, 5) is 21.3. The molecule has 2 aliphatic rings. The molecule has 2 fully saturated rings. The number of piperidine rings is 1. The number of carbonyl (C=O) groups is 1. The molecular formula is C26H32N6O2. The molecule has 1 saturated carbocycles. The highest BCUT2D eigenvalue weighted by Crippen LogP contribution is 2.46. The van der Waals surface area contributed by atoms with Gasteiger partial charge in [0.2, 0.25) is 0 Å². The lowest BCUT2D eigenvalue weighted by atomic mass is 10.0. The quantitative estimate of drug-likeness (QED) is 0.512. The summed E-state index contributed by atoms with van der Waals surface area (Å²) in [5, 5.41) is 13.8. The minimum atomic E-state index is -0.318. The number of pyridine rings is 1. The maximum Gasteiger partial charge on any atom is 0.293 e. The Balaban J connectivity index is 0.000000344. The van der Waals surface area contributed by atoms with Gasteiger partial charge < -0.3 is 9.64 Å². The van der Waals surface area contributed by atoms with Crippen LogP contribution in [0.3, 0.4) is 0 Å². The molecular weight excluding hydrogens is 428 g/mol. The van der Waals surface area contributed by atoms with Crippen LogP contribution in [0.1, 0.15) is 76.8 Å². The van der Waals surface area contributed by atoms with Gasteiger partial charge in [0.1, 0.15) is 17.4 Å². The number of anilines is 1. The molecule has 4 heterocycles. The smallest absolute Gasteiger partial charge is 0.293 e. The van der Waals surface area contributed by atoms with Gasteiger partial charge in [-0.2, -0.15) is 10.4 Å². The number of nitriles is 1. The van der Waals surface area contributed by atoms with E-state index in [1.807, 2.05) is 31.4 Å². The standard InChI is InChI=1S/C21H22N6.C5H10O2/c1-14-4-2-3-9-26(14)21-20-17(16-5-6-16)11-19(27(20)25-13-24-21)18-10-15(12-22)7-8-23-18;1-5(2,3)7-4-6/h7-8,10-11,13-14,16H,2-6,9H2,1H3;4H,1-3H3. The molecule has 1 unspecified atom stereocenters. The third-order valence-electron chi connectivity index (χ3n) is 6.21. The van der Waals surface area contributed by atoms with Crippen molar-refractivity contribution in [2.75, 3.05) is 11.4 Å². The Morgan fingerprint density at radius 1 is 1.18 bits per heavy atom. The van der Waals surface area contributed by atoms with Crippen LogP contribution < -0.4 is 4.90 Å². The second-order valence-corrected chi connectivity index (χ2v) is 10.0. The minimum absolute atomic E-state index is 0.318. The predicted molar refractivity (Wildman–Crippen MR) is 130 cm³/mol. The summed E-state index contributed by atoms with van der Waals surface area (Å²) < 4.78 is 6.54. The summed E-state index contributed by atoms with van der Waals surface area (Å²) in [5.41, 5.74) is 4.46. The van der Waals surface area contributed by atoms with Gasteiger partial charge in [0.25, 0.3) is 6.47 Å². The van der Waals surface area contributed by atoms with Crippen molar-refractivity contribution in [3.05, 3.63) is 41.9 Å². The Bertz CT molecular complexity index is 1200. The molecule has 0 N–H and O–H groups in total. The second kappa shape index (κ2) is 9.80. The van der Waals surface area contributed by atoms with E-state index in [9.17, 15) is 10.1 Å². The molecule has 1 saturated heterocycles. The molecule has 1 aliphatic carbocycles. The molecule has 8 heteroatoms. The SMILES string of the molecule is CC(C)(C)OC=O.CC1CCCCN1c1ncnn2c(-c3cc(C#N)ccn3)cc(C3CC3)c12. The van der Waals surface area contributed by atoms with Crippen molar-refractivity contribution in [1.29, 1.82) is 5.26 Å². The van der Waals surface area contributed by atoms with Crippen LogP contribution in [-0.4, -0.2) is 44.2 Å². The van der Waals surface area contributed by atoms with Crippen LogP contribution in [-0.2, 0) is 9.53 Å². The summed E-state index contributed by atoms with van der Waals surface area (Å²) in [6.45, 7) is 9.25. The van der Waals surface area contributed by atoms with E-state index in [1.165, 1.54) is 37.7 Å². The highest BCUT2D eigenvalue weighted by atomic mass is 16.5. The van der Waals surface area contributed by atoms with Crippen molar-refractivity contribution in [3.63, 3.8) is 0 Å². The average Bonchev–Trinajstić information content (AvgIpc) is 3.59. The lowest BCUT2D eigenvalue weighted by molar-refractivity contribution is -0.138. The first-order valence-corrected chi connectivity index (χ1v) is 11.9. The zero-order valence-corrected chi connectivity index (χ0v) is 20.4. The normalized spacial score (nSPS) is 18.1. The summed E-state index contributed by atoms with van der Waals surface area (Å²) >= 11 is 0. The molecule has 178 valence electrons. The Kier molecular flexibility index (Phi) is 6.82. The molecule has 0 radical (unpaired) electrons. The van der Waals surface area contributed by atoms with Crippen LogP contribution >= 0.6 is 0 Å². The molecule has 34 heavy (non-hydrogen) atoms. The maximum absolute atomic E-state index is 9.60. The number of fused-ring (bicyclic) bond motifs is 1. The van der Waals surface area contributed by atoms with E-state index < -0.39 is 0 Å². The number of rotatable bonds is 4. The Hall–Kier alpha value is -3.47. The molecule has 1 aliphatic heterocycles. The first-order chi connectivity index (χ1) is 16.3. The topological polar surface area (TPSA) is 96.4 Å². The zero-order valence-electron chi connectivity index (χ0n) is 20.4. The van der Waals surface area contributed by atoms with Crippen molar-refractivity contribution in [1.82, 2.24) is 19.6 Å². The van der Waals surface area contributed by atoms with Gasteiger partial charge in [-0.05, 0) is 89.5 Å². The van der Waals surface area contributed by atoms with Crippen molar-refractivity contribution in [2.45, 2.75) is 77.4 Å². The van der Waals surface area contributed by atoms with Crippen LogP contribution in [0.4, 0.5) is 5.82 Å². The number of nitrogens with zero attached hydrogens (tertiary/aromatic N) is 6. The Morgan fingerprint density at radius 3 is 2.59 bits per heavy atom. The van der Waals surface area contributed by atoms with Crippen LogP contribution in [0, 0.1) is 11.3 Å². The Labute approximate surface area is 200 Å². The third kappa shape index (κ3) is 5.19. The monoisotopic (exact) mass is 460 g/mol. The van der Waals surface area contributed by atoms with E-state index in [0.717, 1.165) is 29.3 Å². The number of hydrogen-bond donors (Lipinski definition) is 0. The molecule has 8 nitrogen and oxygen atoms in total. The van der Waals surface area contributed by atoms with E-state index in [4.69, 9.17) is 4.98 Å². The summed E-state index contributed by atoms with van der Waals surface area (Å²) in [7, 11) is 0. The molecule has 0 spiro atoms. The second-order valence-electron chi connectivity index (χ2n) is 10.0. The van der Waals surface area contributed by atoms with Gasteiger partial charge in [-0.1, -0.05) is 0 Å². The average molecular weight is 461 g/mol. The zero-order chi connectivity index (χ0) is 24.3. The summed E-state index contributed by atoms with van der Waals surface area (Å²) in [6.07, 6.45) is 9.47. The molecule has 0 bridgehead atoms. The molecule has 3 aromatic rings. The number of hydrogen-bond acceptors (Lipinski definition) is 7. The summed E-state index contributed by atoms with van der Waals surface area (Å²) in [5.74, 6) is 1.62. The first-order valence-electron chi connectivity index (χ1n) is 11.9. The fourth-order valence-corrected chi connectivity index (χ4v) is 4.35. The maximum atomic E-state index is 9.60. The fourth-order valence-electron chi connectivity index (χ4n) is 4.35. The van der Waals surface area contributed by atoms with Gasteiger partial charge in [0, 0.05) is 18.8 Å². The number of ether oxygens (including phenoxy) is 1. The van der Waals surface area contributed by atoms with Crippen LogP contribution in [0.5, 0.6) is 0 Å². The number of carbonyl (C=O) groups excluding carboxylic acids is 1. The highest BCUT2D eigenvalue weighted by Gasteiger charge is 2.32. The van der Waals surface area contributed by atoms with Crippen molar-refractivity contribution in [3.8, 4) is 17.5 Å². The molecule has 0 aromatic carbocycles. The number of aromatic nitrogens is 4. The van der Waals surface area contributed by atoms with Crippen LogP contribution in [0.15, 0.2) is 30.7 Å². The van der Waals surface area contributed by atoms with Gasteiger partial charge in [-0.15, -0.1) is 0 Å². The van der Waals surface area contributed by atoms with Crippen molar-refractivity contribution >= 4 is 17.8 Å². The molecule has 3 aromatic heterocycles. The first kappa shape index (κ1) is 23.7. The van der Waals surface area contributed by atoms with Gasteiger partial charge >= 0.3 is 0 Å². The van der Waals surface area contributed by atoms with Gasteiger partial charge in [-0.3, -0.25) is 9.78 Å². The van der Waals surface area contributed by atoms with E-state index in [0.29, 0.717) is 24.0 Å². The van der Waals surface area contributed by atoms with Gasteiger partial charge in [0.15, 0.2) is 5.82 Å². The summed E-state index contributed by atoms with van der Waals surface area (Å²) in [6, 6.07) is 8.48. The third-order valence-corrected chi connectivity index (χ3v) is 6.21. The van der Waals surface area contributed by atoms with E-state index in [-0.39, 0.29) is 5.60 Å². The minimum Gasteiger partial charge on any atom is -0.462 e. The van der Waals surface area contributed by atoms with Crippen molar-refractivity contribution in [2.24, 2.45) is 0 Å². The van der Waals surface area contributed by atoms with E-state index in [1.54, 1.807) is 18.6 Å². The molecule has 1 atom stereocenters. The van der Waals surface area contributed by atoms with Crippen molar-refractivity contribution < 1.29 is 9.53 Å². The molecule has 5 rings (SSSR count). The van der Waals surface area contributed by atoms with Gasteiger partial charge in [-0.25, -0.2) is 9.50 Å². The van der Waals surface area contributed by atoms with Gasteiger partial charge in [0.05, 0.1) is 23.0 Å². The largest absolute Gasteiger partial charge is 0.462 e. The lowest BCUT2D eigenvalue weighted by Gasteiger charge is -2.34.